The summed E-state index contributed by atoms with van der Waals surface area (Å²) in [7, 11) is 0. The molecule has 1 unspecified atom stereocenters. The highest BCUT2D eigenvalue weighted by molar-refractivity contribution is 5.56. The van der Waals surface area contributed by atoms with Gasteiger partial charge in [0.05, 0.1) is 29.7 Å². The molecule has 0 aromatic heterocycles. The van der Waals surface area contributed by atoms with Crippen molar-refractivity contribution in [1.82, 2.24) is 0 Å². The predicted octanol–water partition coefficient (Wildman–Crippen LogP) is 1.83. The molecule has 0 aliphatic carbocycles. The molecule has 6 heteroatoms. The van der Waals surface area contributed by atoms with E-state index in [9.17, 15) is 20.3 Å². The first-order valence-electron chi connectivity index (χ1n) is 6.93. The monoisotopic (exact) mass is 280 g/mol. The summed E-state index contributed by atoms with van der Waals surface area (Å²) < 4.78 is 0. The first-order chi connectivity index (χ1) is 9.67. The number of nitrogens with zero attached hydrogens (tertiary/aromatic N) is 2. The summed E-state index contributed by atoms with van der Waals surface area (Å²) in [6.45, 7) is 0.543. The van der Waals surface area contributed by atoms with Crippen molar-refractivity contribution < 1.29 is 15.1 Å². The molecule has 2 rings (SSSR count). The van der Waals surface area contributed by atoms with Crippen LogP contribution in [-0.2, 0) is 6.61 Å². The van der Waals surface area contributed by atoms with Crippen molar-refractivity contribution in [3.05, 3.63) is 33.9 Å². The number of anilines is 1. The second-order valence-corrected chi connectivity index (χ2v) is 5.11. The van der Waals surface area contributed by atoms with Crippen molar-refractivity contribution in [2.45, 2.75) is 38.3 Å². The van der Waals surface area contributed by atoms with Gasteiger partial charge < -0.3 is 15.1 Å². The van der Waals surface area contributed by atoms with E-state index < -0.39 is 4.92 Å². The molecule has 0 amide bonds. The molecule has 0 bridgehead atoms. The van der Waals surface area contributed by atoms with Crippen molar-refractivity contribution in [3.8, 4) is 0 Å². The van der Waals surface area contributed by atoms with Gasteiger partial charge in [-0.1, -0.05) is 12.8 Å². The van der Waals surface area contributed by atoms with E-state index in [0.717, 1.165) is 37.9 Å². The Morgan fingerprint density at radius 3 is 2.75 bits per heavy atom. The molecule has 1 atom stereocenters. The van der Waals surface area contributed by atoms with Crippen LogP contribution < -0.4 is 4.90 Å². The fourth-order valence-corrected chi connectivity index (χ4v) is 2.76. The number of nitro groups is 1. The van der Waals surface area contributed by atoms with Gasteiger partial charge in [0, 0.05) is 18.3 Å². The second-order valence-electron chi connectivity index (χ2n) is 5.11. The van der Waals surface area contributed by atoms with Gasteiger partial charge in [-0.15, -0.1) is 0 Å². The van der Waals surface area contributed by atoms with Gasteiger partial charge >= 0.3 is 0 Å². The molecular weight excluding hydrogens is 260 g/mol. The average molecular weight is 280 g/mol. The van der Waals surface area contributed by atoms with Crippen molar-refractivity contribution >= 4 is 11.4 Å². The molecule has 6 nitrogen and oxygen atoms in total. The predicted molar refractivity (Wildman–Crippen MR) is 75.7 cm³/mol. The first kappa shape index (κ1) is 14.7. The third kappa shape index (κ3) is 3.08. The van der Waals surface area contributed by atoms with Gasteiger partial charge in [0.2, 0.25) is 0 Å². The fourth-order valence-electron chi connectivity index (χ4n) is 2.76. The molecule has 20 heavy (non-hydrogen) atoms. The van der Waals surface area contributed by atoms with Crippen molar-refractivity contribution in [2.24, 2.45) is 0 Å². The zero-order chi connectivity index (χ0) is 14.5. The Kier molecular flexibility index (Phi) is 4.92. The van der Waals surface area contributed by atoms with E-state index >= 15 is 0 Å². The van der Waals surface area contributed by atoms with Crippen LogP contribution in [0.25, 0.3) is 0 Å². The largest absolute Gasteiger partial charge is 0.394 e. The lowest BCUT2D eigenvalue weighted by Gasteiger charge is -2.31. The third-order valence-corrected chi connectivity index (χ3v) is 3.85. The standard InChI is InChI=1S/C14H20N2O4/c17-9-11-8-12(5-6-14(11)16(19)20)15-7-3-1-2-4-13(15)10-18/h5-6,8,13,17-18H,1-4,7,9-10H2. The summed E-state index contributed by atoms with van der Waals surface area (Å²) >= 11 is 0. The number of rotatable bonds is 4. The molecular formula is C14H20N2O4. The molecule has 1 aromatic carbocycles. The molecule has 0 spiro atoms. The number of aliphatic hydroxyl groups is 2. The van der Waals surface area contributed by atoms with Crippen LogP contribution in [0.5, 0.6) is 0 Å². The first-order valence-corrected chi connectivity index (χ1v) is 6.93. The average Bonchev–Trinajstić information content (AvgIpc) is 2.71. The van der Waals surface area contributed by atoms with Gasteiger partial charge in [-0.2, -0.15) is 0 Å². The Hall–Kier alpha value is -1.66. The lowest BCUT2D eigenvalue weighted by molar-refractivity contribution is -0.385. The Bertz CT molecular complexity index is 478. The molecule has 1 aromatic rings. The Morgan fingerprint density at radius 1 is 1.30 bits per heavy atom. The highest BCUT2D eigenvalue weighted by Crippen LogP contribution is 2.29. The van der Waals surface area contributed by atoms with E-state index in [1.165, 1.54) is 6.07 Å². The molecule has 1 aliphatic rings. The van der Waals surface area contributed by atoms with E-state index in [-0.39, 0.29) is 24.9 Å². The van der Waals surface area contributed by atoms with Gasteiger partial charge in [-0.3, -0.25) is 10.1 Å². The van der Waals surface area contributed by atoms with Gasteiger partial charge in [0.1, 0.15) is 0 Å². The van der Waals surface area contributed by atoms with E-state index in [2.05, 4.69) is 4.90 Å². The van der Waals surface area contributed by atoms with Crippen LogP contribution in [0.15, 0.2) is 18.2 Å². The topological polar surface area (TPSA) is 86.8 Å². The third-order valence-electron chi connectivity index (χ3n) is 3.85. The van der Waals surface area contributed by atoms with Crippen LogP contribution in [-0.4, -0.2) is 34.3 Å². The van der Waals surface area contributed by atoms with Crippen LogP contribution in [0.3, 0.4) is 0 Å². The lowest BCUT2D eigenvalue weighted by atomic mass is 10.1. The van der Waals surface area contributed by atoms with Crippen LogP contribution in [0.2, 0.25) is 0 Å². The van der Waals surface area contributed by atoms with Crippen molar-refractivity contribution in [3.63, 3.8) is 0 Å². The molecule has 1 fully saturated rings. The number of benzene rings is 1. The van der Waals surface area contributed by atoms with Gasteiger partial charge in [-0.05, 0) is 25.0 Å². The zero-order valence-corrected chi connectivity index (χ0v) is 11.4. The van der Waals surface area contributed by atoms with E-state index in [4.69, 9.17) is 0 Å². The highest BCUT2D eigenvalue weighted by Gasteiger charge is 2.22. The van der Waals surface area contributed by atoms with Crippen LogP contribution in [0.4, 0.5) is 11.4 Å². The molecule has 1 heterocycles. The zero-order valence-electron chi connectivity index (χ0n) is 11.4. The summed E-state index contributed by atoms with van der Waals surface area (Å²) in [6, 6.07) is 4.84. The smallest absolute Gasteiger partial charge is 0.275 e. The number of nitro benzene ring substituents is 1. The van der Waals surface area contributed by atoms with E-state index in [1.54, 1.807) is 12.1 Å². The number of hydrogen-bond acceptors (Lipinski definition) is 5. The van der Waals surface area contributed by atoms with Crippen molar-refractivity contribution in [1.29, 1.82) is 0 Å². The van der Waals surface area contributed by atoms with E-state index in [1.807, 2.05) is 0 Å². The van der Waals surface area contributed by atoms with Gasteiger partial charge in [0.15, 0.2) is 0 Å². The van der Waals surface area contributed by atoms with Crippen LogP contribution in [0.1, 0.15) is 31.2 Å². The quantitative estimate of drug-likeness (QED) is 0.649. The maximum absolute atomic E-state index is 10.9. The molecule has 110 valence electrons. The maximum Gasteiger partial charge on any atom is 0.275 e. The minimum atomic E-state index is -0.485. The molecule has 0 saturated carbocycles. The summed E-state index contributed by atoms with van der Waals surface area (Å²) in [5.41, 5.74) is 1.08. The Balaban J connectivity index is 2.32. The summed E-state index contributed by atoms with van der Waals surface area (Å²) in [4.78, 5) is 12.5. The van der Waals surface area contributed by atoms with E-state index in [0.29, 0.717) is 5.56 Å². The lowest BCUT2D eigenvalue weighted by Crippen LogP contribution is -2.37. The van der Waals surface area contributed by atoms with Gasteiger partial charge in [0.25, 0.3) is 5.69 Å². The molecule has 1 aliphatic heterocycles. The number of hydrogen-bond donors (Lipinski definition) is 2. The highest BCUT2D eigenvalue weighted by atomic mass is 16.6. The molecule has 0 radical (unpaired) electrons. The Morgan fingerprint density at radius 2 is 2.10 bits per heavy atom. The maximum atomic E-state index is 10.9. The number of aliphatic hydroxyl groups excluding tert-OH is 2. The summed E-state index contributed by atoms with van der Waals surface area (Å²) in [5.74, 6) is 0. The second kappa shape index (κ2) is 6.67. The Labute approximate surface area is 117 Å². The van der Waals surface area contributed by atoms with Gasteiger partial charge in [-0.25, -0.2) is 0 Å². The normalized spacial score (nSPS) is 19.7. The minimum absolute atomic E-state index is 0.0468. The molecule has 2 N–H and O–H groups in total. The fraction of sp³-hybridized carbons (Fsp3) is 0.571. The van der Waals surface area contributed by atoms with Crippen molar-refractivity contribution in [2.75, 3.05) is 18.1 Å². The SMILES string of the molecule is O=[N+]([O-])c1ccc(N2CCCCCC2CO)cc1CO. The minimum Gasteiger partial charge on any atom is -0.394 e. The van der Waals surface area contributed by atoms with Crippen LogP contribution in [0, 0.1) is 10.1 Å². The summed E-state index contributed by atoms with van der Waals surface area (Å²) in [6.07, 6.45) is 4.18. The summed E-state index contributed by atoms with van der Waals surface area (Å²) in [5, 5.41) is 29.7. The van der Waals surface area contributed by atoms with Crippen LogP contribution >= 0.6 is 0 Å². The molecule has 1 saturated heterocycles.